The van der Waals surface area contributed by atoms with Gasteiger partial charge in [0.25, 0.3) is 5.91 Å². The van der Waals surface area contributed by atoms with Crippen molar-refractivity contribution in [2.24, 2.45) is 10.1 Å². The number of carbonyl (C=O) groups is 1. The molecule has 0 bridgehead atoms. The molecule has 0 saturated carbocycles. The van der Waals surface area contributed by atoms with E-state index in [1.165, 1.54) is 16.8 Å². The van der Waals surface area contributed by atoms with Crippen molar-refractivity contribution in [2.75, 3.05) is 20.3 Å². The van der Waals surface area contributed by atoms with Crippen molar-refractivity contribution in [1.82, 2.24) is 5.01 Å². The summed E-state index contributed by atoms with van der Waals surface area (Å²) >= 11 is 1.28. The molecule has 1 amide bonds. The molecule has 2 aliphatic heterocycles. The molecule has 3 aromatic rings. The Balaban J connectivity index is 1.20. The number of thioether (sulfide) groups is 1. The number of benzene rings is 3. The predicted octanol–water partition coefficient (Wildman–Crippen LogP) is 4.82. The summed E-state index contributed by atoms with van der Waals surface area (Å²) in [6.07, 6.45) is 1.64. The molecule has 2 aliphatic rings. The summed E-state index contributed by atoms with van der Waals surface area (Å²) in [7, 11) is 1.62. The summed E-state index contributed by atoms with van der Waals surface area (Å²) in [6.45, 7) is 0.769. The molecular weight excluding hydrogens is 476 g/mol. The number of hydrogen-bond acceptors (Lipinski definition) is 7. The maximum absolute atomic E-state index is 12.7. The molecular formula is C27H22N4O4S. The van der Waals surface area contributed by atoms with E-state index in [1.807, 2.05) is 78.9 Å². The fourth-order valence-electron chi connectivity index (χ4n) is 3.51. The number of aliphatic imine (C=N–C) groups is 1. The zero-order chi connectivity index (χ0) is 24.9. The molecule has 0 radical (unpaired) electrons. The summed E-state index contributed by atoms with van der Waals surface area (Å²) in [5.41, 5.74) is 1.84. The second kappa shape index (κ2) is 10.5. The normalized spacial score (nSPS) is 15.9. The minimum atomic E-state index is -0.459. The van der Waals surface area contributed by atoms with Gasteiger partial charge in [0.05, 0.1) is 12.7 Å². The van der Waals surface area contributed by atoms with Crippen molar-refractivity contribution in [2.45, 2.75) is 0 Å². The van der Waals surface area contributed by atoms with E-state index in [4.69, 9.17) is 19.6 Å². The van der Waals surface area contributed by atoms with Gasteiger partial charge in [0, 0.05) is 5.56 Å². The first-order valence-corrected chi connectivity index (χ1v) is 12.0. The SMILES string of the molecule is COc1ccc(OCCOc2ccc(C=C3C(=N)N4N=C(c5ccccc5)SC4=NC3=O)cc2)cc1. The highest BCUT2D eigenvalue weighted by atomic mass is 32.2. The number of carbonyl (C=O) groups excluding carboxylic acids is 1. The van der Waals surface area contributed by atoms with Gasteiger partial charge in [-0.1, -0.05) is 42.5 Å². The number of amides is 1. The third-order valence-electron chi connectivity index (χ3n) is 5.35. The monoisotopic (exact) mass is 498 g/mol. The van der Waals surface area contributed by atoms with Gasteiger partial charge in [0.15, 0.2) is 5.84 Å². The molecule has 36 heavy (non-hydrogen) atoms. The van der Waals surface area contributed by atoms with Crippen molar-refractivity contribution in [1.29, 1.82) is 5.41 Å². The minimum Gasteiger partial charge on any atom is -0.497 e. The van der Waals surface area contributed by atoms with E-state index in [0.29, 0.717) is 29.2 Å². The highest BCUT2D eigenvalue weighted by molar-refractivity contribution is 8.27. The van der Waals surface area contributed by atoms with Crippen LogP contribution in [0.5, 0.6) is 17.2 Å². The molecule has 0 unspecified atom stereocenters. The van der Waals surface area contributed by atoms with E-state index in [1.54, 1.807) is 13.2 Å². The van der Waals surface area contributed by atoms with Gasteiger partial charge in [-0.05, 0) is 59.8 Å². The quantitative estimate of drug-likeness (QED) is 0.353. The number of nitrogens with zero attached hydrogens (tertiary/aromatic N) is 3. The fourth-order valence-corrected chi connectivity index (χ4v) is 4.40. The standard InChI is InChI=1S/C27H22N4O4S/c1-33-20-11-13-22(14-12-20)35-16-15-34-21-9-7-18(8-10-21)17-23-24(28)31-27(29-25(23)32)36-26(30-31)19-5-3-2-4-6-19/h2-14,17,28H,15-16H2,1H3. The molecule has 0 atom stereocenters. The first-order chi connectivity index (χ1) is 17.6. The number of rotatable bonds is 8. The Bertz CT molecular complexity index is 1370. The van der Waals surface area contributed by atoms with Gasteiger partial charge in [-0.3, -0.25) is 10.2 Å². The molecule has 0 spiro atoms. The summed E-state index contributed by atoms with van der Waals surface area (Å²) in [5, 5.41) is 15.5. The average Bonchev–Trinajstić information content (AvgIpc) is 3.35. The van der Waals surface area contributed by atoms with Crippen LogP contribution in [0.4, 0.5) is 0 Å². The van der Waals surface area contributed by atoms with Crippen molar-refractivity contribution in [3.63, 3.8) is 0 Å². The third-order valence-corrected chi connectivity index (χ3v) is 6.30. The smallest absolute Gasteiger partial charge is 0.283 e. The Labute approximate surface area is 212 Å². The molecule has 1 N–H and O–H groups in total. The first kappa shape index (κ1) is 23.4. The van der Waals surface area contributed by atoms with Crippen LogP contribution >= 0.6 is 11.8 Å². The van der Waals surface area contributed by atoms with Crippen molar-refractivity contribution < 1.29 is 19.0 Å². The Morgan fingerprint density at radius 1 is 0.889 bits per heavy atom. The molecule has 0 aliphatic carbocycles. The van der Waals surface area contributed by atoms with Gasteiger partial charge in [-0.15, -0.1) is 0 Å². The Morgan fingerprint density at radius 2 is 1.50 bits per heavy atom. The van der Waals surface area contributed by atoms with Crippen molar-refractivity contribution in [3.8, 4) is 17.2 Å². The average molecular weight is 499 g/mol. The lowest BCUT2D eigenvalue weighted by Gasteiger charge is -2.20. The van der Waals surface area contributed by atoms with Crippen LogP contribution in [-0.2, 0) is 4.79 Å². The van der Waals surface area contributed by atoms with Crippen LogP contribution in [0.3, 0.4) is 0 Å². The number of hydrazone groups is 1. The molecule has 180 valence electrons. The zero-order valence-electron chi connectivity index (χ0n) is 19.4. The largest absolute Gasteiger partial charge is 0.497 e. The highest BCUT2D eigenvalue weighted by Gasteiger charge is 2.35. The lowest BCUT2D eigenvalue weighted by Crippen LogP contribution is -2.35. The van der Waals surface area contributed by atoms with Gasteiger partial charge in [0.2, 0.25) is 5.17 Å². The van der Waals surface area contributed by atoms with Gasteiger partial charge in [-0.2, -0.15) is 15.1 Å². The zero-order valence-corrected chi connectivity index (χ0v) is 20.2. The summed E-state index contributed by atoms with van der Waals surface area (Å²) < 4.78 is 16.5. The van der Waals surface area contributed by atoms with Crippen LogP contribution in [0, 0.1) is 5.41 Å². The summed E-state index contributed by atoms with van der Waals surface area (Å²) in [4.78, 5) is 16.8. The number of fused-ring (bicyclic) bond motifs is 1. The van der Waals surface area contributed by atoms with E-state index >= 15 is 0 Å². The van der Waals surface area contributed by atoms with E-state index in [9.17, 15) is 4.79 Å². The maximum Gasteiger partial charge on any atom is 0.283 e. The topological polar surface area (TPSA) is 96.6 Å². The number of amidine groups is 2. The maximum atomic E-state index is 12.7. The molecule has 0 fully saturated rings. The van der Waals surface area contributed by atoms with Crippen LogP contribution in [-0.4, -0.2) is 47.3 Å². The van der Waals surface area contributed by atoms with E-state index in [0.717, 1.165) is 22.6 Å². The third kappa shape index (κ3) is 5.16. The van der Waals surface area contributed by atoms with Crippen LogP contribution in [0.15, 0.2) is 94.5 Å². The highest BCUT2D eigenvalue weighted by Crippen LogP contribution is 2.31. The summed E-state index contributed by atoms with van der Waals surface area (Å²) in [5.74, 6) is 1.73. The molecule has 2 heterocycles. The van der Waals surface area contributed by atoms with Crippen molar-refractivity contribution in [3.05, 3.63) is 95.6 Å². The molecule has 0 aromatic heterocycles. The number of hydrogen-bond donors (Lipinski definition) is 1. The Morgan fingerprint density at radius 3 is 2.14 bits per heavy atom. The van der Waals surface area contributed by atoms with E-state index in [2.05, 4.69) is 10.1 Å². The van der Waals surface area contributed by atoms with Crippen molar-refractivity contribution >= 4 is 39.8 Å². The number of ether oxygens (including phenoxy) is 3. The number of methoxy groups -OCH3 is 1. The molecule has 9 heteroatoms. The minimum absolute atomic E-state index is 0.000520. The van der Waals surface area contributed by atoms with Crippen LogP contribution in [0.1, 0.15) is 11.1 Å². The van der Waals surface area contributed by atoms with Gasteiger partial charge in [-0.25, -0.2) is 0 Å². The van der Waals surface area contributed by atoms with Crippen LogP contribution in [0.2, 0.25) is 0 Å². The molecule has 5 rings (SSSR count). The van der Waals surface area contributed by atoms with E-state index < -0.39 is 5.91 Å². The van der Waals surface area contributed by atoms with Crippen LogP contribution < -0.4 is 14.2 Å². The molecule has 8 nitrogen and oxygen atoms in total. The van der Waals surface area contributed by atoms with Gasteiger partial charge < -0.3 is 14.2 Å². The summed E-state index contributed by atoms with van der Waals surface area (Å²) in [6, 6.07) is 24.2. The van der Waals surface area contributed by atoms with Gasteiger partial charge in [0.1, 0.15) is 35.5 Å². The predicted molar refractivity (Wildman–Crippen MR) is 141 cm³/mol. The Kier molecular flexibility index (Phi) is 6.81. The van der Waals surface area contributed by atoms with Gasteiger partial charge >= 0.3 is 0 Å². The number of nitrogens with one attached hydrogen (secondary N) is 1. The first-order valence-electron chi connectivity index (χ1n) is 11.2. The van der Waals surface area contributed by atoms with E-state index in [-0.39, 0.29) is 11.4 Å². The fraction of sp³-hybridized carbons (Fsp3) is 0.111. The van der Waals surface area contributed by atoms with Crippen LogP contribution in [0.25, 0.3) is 6.08 Å². The molecule has 3 aromatic carbocycles. The Hall–Kier alpha value is -4.37. The molecule has 0 saturated heterocycles. The lowest BCUT2D eigenvalue weighted by molar-refractivity contribution is -0.114. The second-order valence-corrected chi connectivity index (χ2v) is 8.69. The second-order valence-electron chi connectivity index (χ2n) is 7.73. The lowest BCUT2D eigenvalue weighted by atomic mass is 10.1.